The highest BCUT2D eigenvalue weighted by Crippen LogP contribution is 2.36. The van der Waals surface area contributed by atoms with Gasteiger partial charge in [0.05, 0.1) is 4.48 Å². The van der Waals surface area contributed by atoms with E-state index in [1.807, 2.05) is 6.08 Å². The van der Waals surface area contributed by atoms with E-state index in [0.717, 1.165) is 11.1 Å². The molecule has 0 aromatic heterocycles. The van der Waals surface area contributed by atoms with Gasteiger partial charge in [-0.2, -0.15) is 0 Å². The number of benzene rings is 1. The fraction of sp³-hybridized carbons (Fsp3) is 0.167. The van der Waals surface area contributed by atoms with Crippen molar-refractivity contribution < 1.29 is 8.78 Å². The summed E-state index contributed by atoms with van der Waals surface area (Å²) < 4.78 is 26.5. The second kappa shape index (κ2) is 4.27. The first-order chi connectivity index (χ1) is 7.18. The minimum Gasteiger partial charge on any atom is -0.211 e. The molecule has 0 N–H and O–H groups in total. The van der Waals surface area contributed by atoms with Crippen LogP contribution in [0.4, 0.5) is 8.78 Å². The van der Waals surface area contributed by atoms with E-state index in [9.17, 15) is 8.78 Å². The lowest BCUT2D eigenvalue weighted by molar-refractivity contribution is 0.587. The van der Waals surface area contributed by atoms with Crippen molar-refractivity contribution in [1.29, 1.82) is 0 Å². The molecule has 0 unspecified atom stereocenters. The molecule has 0 spiro atoms. The summed E-state index contributed by atoms with van der Waals surface area (Å²) in [4.78, 5) is 0. The van der Waals surface area contributed by atoms with Gasteiger partial charge in [-0.3, -0.25) is 0 Å². The van der Waals surface area contributed by atoms with Crippen molar-refractivity contribution in [1.82, 2.24) is 0 Å². The molecule has 1 aliphatic rings. The molecule has 0 atom stereocenters. The van der Waals surface area contributed by atoms with E-state index in [-0.39, 0.29) is 11.6 Å². The predicted molar refractivity (Wildman–Crippen MR) is 60.7 cm³/mol. The third-order valence-electron chi connectivity index (χ3n) is 2.34. The van der Waals surface area contributed by atoms with Crippen LogP contribution in [-0.4, -0.2) is 0 Å². The van der Waals surface area contributed by atoms with Crippen LogP contribution in [-0.2, 0) is 0 Å². The summed E-state index contributed by atoms with van der Waals surface area (Å²) >= 11 is 3.22. The van der Waals surface area contributed by atoms with Gasteiger partial charge in [-0.25, -0.2) is 8.78 Å². The SMILES string of the molecule is FC1=C(Br)C(c2ccc(F)cc2)=CCC1. The van der Waals surface area contributed by atoms with E-state index in [4.69, 9.17) is 0 Å². The van der Waals surface area contributed by atoms with Gasteiger partial charge in [0.1, 0.15) is 11.6 Å². The summed E-state index contributed by atoms with van der Waals surface area (Å²) in [5.74, 6) is -0.424. The van der Waals surface area contributed by atoms with E-state index in [1.54, 1.807) is 12.1 Å². The monoisotopic (exact) mass is 270 g/mol. The van der Waals surface area contributed by atoms with Crippen LogP contribution in [0.1, 0.15) is 18.4 Å². The third-order valence-corrected chi connectivity index (χ3v) is 3.20. The van der Waals surface area contributed by atoms with Crippen molar-refractivity contribution in [3.8, 4) is 0 Å². The Bertz CT molecular complexity index is 429. The molecule has 3 heteroatoms. The van der Waals surface area contributed by atoms with Crippen LogP contribution in [0.25, 0.3) is 5.57 Å². The van der Waals surface area contributed by atoms with Crippen LogP contribution >= 0.6 is 15.9 Å². The molecule has 78 valence electrons. The molecule has 2 rings (SSSR count). The van der Waals surface area contributed by atoms with Crippen LogP contribution in [0.15, 0.2) is 40.7 Å². The van der Waals surface area contributed by atoms with Gasteiger partial charge < -0.3 is 0 Å². The van der Waals surface area contributed by atoms with Crippen molar-refractivity contribution in [3.63, 3.8) is 0 Å². The van der Waals surface area contributed by atoms with E-state index >= 15 is 0 Å². The number of hydrogen-bond acceptors (Lipinski definition) is 0. The first-order valence-corrected chi connectivity index (χ1v) is 5.48. The largest absolute Gasteiger partial charge is 0.211 e. The van der Waals surface area contributed by atoms with Crippen molar-refractivity contribution in [2.24, 2.45) is 0 Å². The Morgan fingerprint density at radius 1 is 1.07 bits per heavy atom. The Hall–Kier alpha value is -0.960. The summed E-state index contributed by atoms with van der Waals surface area (Å²) in [6.45, 7) is 0. The van der Waals surface area contributed by atoms with E-state index in [0.29, 0.717) is 17.3 Å². The lowest BCUT2D eigenvalue weighted by Crippen LogP contribution is -1.93. The Kier molecular flexibility index (Phi) is 3.00. The molecular weight excluding hydrogens is 262 g/mol. The van der Waals surface area contributed by atoms with Gasteiger partial charge in [-0.1, -0.05) is 18.2 Å². The normalized spacial score (nSPS) is 16.6. The Morgan fingerprint density at radius 3 is 2.40 bits per heavy atom. The third kappa shape index (κ3) is 2.17. The lowest BCUT2D eigenvalue weighted by atomic mass is 9.99. The van der Waals surface area contributed by atoms with Crippen LogP contribution < -0.4 is 0 Å². The van der Waals surface area contributed by atoms with Crippen molar-refractivity contribution in [3.05, 3.63) is 52.0 Å². The molecule has 0 saturated heterocycles. The molecule has 0 bridgehead atoms. The highest BCUT2D eigenvalue weighted by atomic mass is 79.9. The highest BCUT2D eigenvalue weighted by molar-refractivity contribution is 9.12. The summed E-state index contributed by atoms with van der Waals surface area (Å²) in [5.41, 5.74) is 1.64. The van der Waals surface area contributed by atoms with Gasteiger partial charge in [0, 0.05) is 6.42 Å². The topological polar surface area (TPSA) is 0 Å². The molecule has 1 aromatic carbocycles. The fourth-order valence-corrected chi connectivity index (χ4v) is 2.15. The van der Waals surface area contributed by atoms with Gasteiger partial charge in [-0.05, 0) is 45.6 Å². The number of hydrogen-bond donors (Lipinski definition) is 0. The molecule has 1 aliphatic carbocycles. The molecular formula is C12H9BrF2. The zero-order valence-corrected chi connectivity index (χ0v) is 9.52. The minimum atomic E-state index is -0.282. The van der Waals surface area contributed by atoms with E-state index in [1.165, 1.54) is 12.1 Å². The van der Waals surface area contributed by atoms with Gasteiger partial charge in [0.25, 0.3) is 0 Å². The molecule has 0 radical (unpaired) electrons. The summed E-state index contributed by atoms with van der Waals surface area (Å²) in [5, 5.41) is 0. The second-order valence-corrected chi connectivity index (χ2v) is 4.18. The quantitative estimate of drug-likeness (QED) is 0.701. The molecule has 0 amide bonds. The highest BCUT2D eigenvalue weighted by Gasteiger charge is 2.14. The zero-order valence-electron chi connectivity index (χ0n) is 7.93. The Balaban J connectivity index is 2.40. The van der Waals surface area contributed by atoms with Gasteiger partial charge >= 0.3 is 0 Å². The maximum Gasteiger partial charge on any atom is 0.123 e. The van der Waals surface area contributed by atoms with Crippen LogP contribution in [0, 0.1) is 5.82 Å². The molecule has 0 aliphatic heterocycles. The smallest absolute Gasteiger partial charge is 0.123 e. The standard InChI is InChI=1S/C12H9BrF2/c13-12-10(2-1-3-11(12)15)8-4-6-9(14)7-5-8/h2,4-7H,1,3H2. The molecule has 0 nitrogen and oxygen atoms in total. The Labute approximate surface area is 95.4 Å². The zero-order chi connectivity index (χ0) is 10.8. The van der Waals surface area contributed by atoms with Crippen LogP contribution in [0.2, 0.25) is 0 Å². The summed E-state index contributed by atoms with van der Waals surface area (Å²) in [6.07, 6.45) is 3.08. The lowest BCUT2D eigenvalue weighted by Gasteiger charge is -2.13. The van der Waals surface area contributed by atoms with Crippen molar-refractivity contribution in [2.75, 3.05) is 0 Å². The number of halogens is 3. The molecule has 1 aromatic rings. The predicted octanol–water partition coefficient (Wildman–Crippen LogP) is 4.58. The first-order valence-electron chi connectivity index (χ1n) is 4.69. The number of allylic oxidation sites excluding steroid dienone is 4. The van der Waals surface area contributed by atoms with Gasteiger partial charge in [0.15, 0.2) is 0 Å². The summed E-state index contributed by atoms with van der Waals surface area (Å²) in [7, 11) is 0. The summed E-state index contributed by atoms with van der Waals surface area (Å²) in [6, 6.07) is 6.06. The molecule has 0 fully saturated rings. The second-order valence-electron chi connectivity index (χ2n) is 3.38. The average molecular weight is 271 g/mol. The minimum absolute atomic E-state index is 0.142. The van der Waals surface area contributed by atoms with Crippen molar-refractivity contribution in [2.45, 2.75) is 12.8 Å². The average Bonchev–Trinajstić information content (AvgIpc) is 2.24. The van der Waals surface area contributed by atoms with Crippen LogP contribution in [0.3, 0.4) is 0 Å². The number of rotatable bonds is 1. The molecule has 15 heavy (non-hydrogen) atoms. The first kappa shape index (κ1) is 10.6. The maximum atomic E-state index is 13.3. The van der Waals surface area contributed by atoms with E-state index < -0.39 is 0 Å². The molecule has 0 heterocycles. The fourth-order valence-electron chi connectivity index (χ4n) is 1.56. The maximum absolute atomic E-state index is 13.3. The van der Waals surface area contributed by atoms with Crippen LogP contribution in [0.5, 0.6) is 0 Å². The van der Waals surface area contributed by atoms with Crippen molar-refractivity contribution >= 4 is 21.5 Å². The van der Waals surface area contributed by atoms with E-state index in [2.05, 4.69) is 15.9 Å². The Morgan fingerprint density at radius 2 is 1.73 bits per heavy atom. The van der Waals surface area contributed by atoms with Gasteiger partial charge in [0.2, 0.25) is 0 Å². The van der Waals surface area contributed by atoms with Gasteiger partial charge in [-0.15, -0.1) is 0 Å². The molecule has 0 saturated carbocycles.